The van der Waals surface area contributed by atoms with Crippen molar-refractivity contribution in [3.63, 3.8) is 0 Å². The van der Waals surface area contributed by atoms with Gasteiger partial charge < -0.3 is 5.32 Å². The predicted molar refractivity (Wildman–Crippen MR) is 120 cm³/mol. The van der Waals surface area contributed by atoms with Crippen LogP contribution in [0.4, 0.5) is 4.39 Å². The minimum Gasteiger partial charge on any atom is -0.356 e. The summed E-state index contributed by atoms with van der Waals surface area (Å²) >= 11 is 1.60. The zero-order chi connectivity index (χ0) is 22.9. The maximum Gasteiger partial charge on any atom is 0.242 e. The molecular formula is C22H27FN2O4S2. The van der Waals surface area contributed by atoms with Crippen LogP contribution in [0.1, 0.15) is 36.5 Å². The molecule has 0 saturated heterocycles. The van der Waals surface area contributed by atoms with Crippen molar-refractivity contribution < 1.29 is 22.4 Å². The van der Waals surface area contributed by atoms with E-state index >= 15 is 0 Å². The number of sulfonamides is 1. The lowest BCUT2D eigenvalue weighted by atomic mass is 10.2. The zero-order valence-electron chi connectivity index (χ0n) is 17.6. The number of amides is 1. The van der Waals surface area contributed by atoms with Crippen molar-refractivity contribution in [2.24, 2.45) is 0 Å². The highest BCUT2D eigenvalue weighted by Crippen LogP contribution is 2.19. The fraction of sp³-hybridized carbons (Fsp3) is 0.364. The molecule has 2 aromatic rings. The van der Waals surface area contributed by atoms with Crippen LogP contribution in [-0.2, 0) is 14.8 Å². The summed E-state index contributed by atoms with van der Waals surface area (Å²) in [6, 6.07) is 12.1. The minimum absolute atomic E-state index is 0.114. The largest absolute Gasteiger partial charge is 0.356 e. The highest BCUT2D eigenvalue weighted by molar-refractivity contribution is 7.99. The average molecular weight is 467 g/mol. The molecule has 1 N–H and O–H groups in total. The molecule has 0 bridgehead atoms. The number of halogens is 1. The molecule has 0 aliphatic carbocycles. The van der Waals surface area contributed by atoms with Gasteiger partial charge in [-0.1, -0.05) is 12.1 Å². The first kappa shape index (κ1) is 25.0. The lowest BCUT2D eigenvalue weighted by Crippen LogP contribution is -2.30. The van der Waals surface area contributed by atoms with E-state index in [1.54, 1.807) is 23.9 Å². The molecule has 31 heavy (non-hydrogen) atoms. The van der Waals surface area contributed by atoms with Crippen LogP contribution < -0.4 is 5.32 Å². The summed E-state index contributed by atoms with van der Waals surface area (Å²) < 4.78 is 39.2. The number of carbonyl (C=O) groups excluding carboxylic acids is 2. The predicted octanol–water partition coefficient (Wildman–Crippen LogP) is 3.73. The van der Waals surface area contributed by atoms with Gasteiger partial charge in [0.2, 0.25) is 15.9 Å². The second-order valence-corrected chi connectivity index (χ2v) is 10.2. The number of thioether (sulfide) groups is 1. The molecule has 0 spiro atoms. The van der Waals surface area contributed by atoms with E-state index < -0.39 is 10.0 Å². The molecule has 9 heteroatoms. The smallest absolute Gasteiger partial charge is 0.242 e. The van der Waals surface area contributed by atoms with E-state index in [1.807, 2.05) is 0 Å². The van der Waals surface area contributed by atoms with E-state index in [9.17, 15) is 22.4 Å². The maximum absolute atomic E-state index is 12.9. The topological polar surface area (TPSA) is 83.6 Å². The highest BCUT2D eigenvalue weighted by Gasteiger charge is 2.20. The molecule has 0 fully saturated rings. The van der Waals surface area contributed by atoms with Crippen LogP contribution in [0.25, 0.3) is 0 Å². The Kier molecular flexibility index (Phi) is 9.67. The number of carbonyl (C=O) groups is 2. The standard InChI is InChI=1S/C22H27FN2O4S2/c1-17(26)18-6-12-21(13-7-18)31(28,29)25(2)15-3-5-22(27)24-14-4-16-30-20-10-8-19(23)9-11-20/h6-13H,3-5,14-16H2,1-2H3,(H,24,27). The van der Waals surface area contributed by atoms with Crippen molar-refractivity contribution >= 4 is 33.5 Å². The van der Waals surface area contributed by atoms with Crippen molar-refractivity contribution in [1.29, 1.82) is 0 Å². The molecule has 0 aliphatic heterocycles. The van der Waals surface area contributed by atoms with Crippen LogP contribution >= 0.6 is 11.8 Å². The van der Waals surface area contributed by atoms with Crippen LogP contribution in [0.5, 0.6) is 0 Å². The number of rotatable bonds is 12. The van der Waals surface area contributed by atoms with Crippen LogP contribution in [0.3, 0.4) is 0 Å². The normalized spacial score (nSPS) is 11.5. The maximum atomic E-state index is 12.9. The number of ketones is 1. The summed E-state index contributed by atoms with van der Waals surface area (Å²) in [4.78, 5) is 24.4. The van der Waals surface area contributed by atoms with Crippen molar-refractivity contribution in [2.45, 2.75) is 36.0 Å². The van der Waals surface area contributed by atoms with Crippen LogP contribution in [0.2, 0.25) is 0 Å². The first-order valence-corrected chi connectivity index (χ1v) is 12.3. The summed E-state index contributed by atoms with van der Waals surface area (Å²) in [6.45, 7) is 2.17. The average Bonchev–Trinajstić information content (AvgIpc) is 2.74. The monoisotopic (exact) mass is 466 g/mol. The van der Waals surface area contributed by atoms with E-state index in [4.69, 9.17) is 0 Å². The molecule has 168 valence electrons. The van der Waals surface area contributed by atoms with E-state index in [-0.39, 0.29) is 35.4 Å². The molecule has 0 radical (unpaired) electrons. The number of nitrogens with one attached hydrogen (secondary N) is 1. The summed E-state index contributed by atoms with van der Waals surface area (Å²) in [5.74, 6) is 0.289. The molecule has 2 rings (SSSR count). The quantitative estimate of drug-likeness (QED) is 0.293. The summed E-state index contributed by atoms with van der Waals surface area (Å²) in [5.41, 5.74) is 0.453. The Hall–Kier alpha value is -2.23. The first-order valence-electron chi connectivity index (χ1n) is 9.92. The molecule has 0 aromatic heterocycles. The number of Topliss-reactive ketones (excluding diaryl/α,β-unsaturated/α-hetero) is 1. The van der Waals surface area contributed by atoms with Gasteiger partial charge in [0.15, 0.2) is 5.78 Å². The van der Waals surface area contributed by atoms with Crippen LogP contribution in [-0.4, -0.2) is 50.3 Å². The van der Waals surface area contributed by atoms with Crippen molar-refractivity contribution in [3.8, 4) is 0 Å². The Balaban J connectivity index is 1.66. The fourth-order valence-corrected chi connectivity index (χ4v) is 4.80. The van der Waals surface area contributed by atoms with Gasteiger partial charge in [-0.25, -0.2) is 17.1 Å². The van der Waals surface area contributed by atoms with E-state index in [2.05, 4.69) is 5.32 Å². The number of nitrogens with zero attached hydrogens (tertiary/aromatic N) is 1. The van der Waals surface area contributed by atoms with E-state index in [0.717, 1.165) is 17.1 Å². The third kappa shape index (κ3) is 8.08. The highest BCUT2D eigenvalue weighted by atomic mass is 32.2. The van der Waals surface area contributed by atoms with Gasteiger partial charge >= 0.3 is 0 Å². The Labute approximate surface area is 187 Å². The number of hydrogen-bond donors (Lipinski definition) is 1. The second kappa shape index (κ2) is 12.0. The third-order valence-electron chi connectivity index (χ3n) is 4.57. The van der Waals surface area contributed by atoms with Crippen molar-refractivity contribution in [3.05, 3.63) is 59.9 Å². The van der Waals surface area contributed by atoms with Crippen LogP contribution in [0.15, 0.2) is 58.3 Å². The Morgan fingerprint density at radius 2 is 1.68 bits per heavy atom. The van der Waals surface area contributed by atoms with E-state index in [0.29, 0.717) is 18.5 Å². The summed E-state index contributed by atoms with van der Waals surface area (Å²) in [5, 5.41) is 2.83. The molecule has 6 nitrogen and oxygen atoms in total. The SMILES string of the molecule is CC(=O)c1ccc(S(=O)(=O)N(C)CCCC(=O)NCCCSc2ccc(F)cc2)cc1. The lowest BCUT2D eigenvalue weighted by molar-refractivity contribution is -0.121. The molecule has 1 amide bonds. The molecule has 0 heterocycles. The van der Waals surface area contributed by atoms with Crippen LogP contribution in [0, 0.1) is 5.82 Å². The minimum atomic E-state index is -3.67. The molecule has 0 aliphatic rings. The first-order chi connectivity index (χ1) is 14.7. The number of hydrogen-bond acceptors (Lipinski definition) is 5. The third-order valence-corrected chi connectivity index (χ3v) is 7.54. The summed E-state index contributed by atoms with van der Waals surface area (Å²) in [7, 11) is -2.20. The van der Waals surface area contributed by atoms with Gasteiger partial charge in [0.1, 0.15) is 5.82 Å². The molecule has 0 atom stereocenters. The molecule has 2 aromatic carbocycles. The molecule has 0 saturated carbocycles. The number of benzene rings is 2. The lowest BCUT2D eigenvalue weighted by Gasteiger charge is -2.17. The van der Waals surface area contributed by atoms with E-state index in [1.165, 1.54) is 54.7 Å². The van der Waals surface area contributed by atoms with Gasteiger partial charge in [-0.2, -0.15) is 0 Å². The van der Waals surface area contributed by atoms with Gasteiger partial charge in [-0.3, -0.25) is 9.59 Å². The summed E-state index contributed by atoms with van der Waals surface area (Å²) in [6.07, 6.45) is 1.41. The van der Waals surface area contributed by atoms with Gasteiger partial charge in [0, 0.05) is 37.0 Å². The fourth-order valence-electron chi connectivity index (χ4n) is 2.73. The Bertz CT molecular complexity index is 978. The Morgan fingerprint density at radius 3 is 2.29 bits per heavy atom. The Morgan fingerprint density at radius 1 is 1.03 bits per heavy atom. The van der Waals surface area contributed by atoms with Gasteiger partial charge in [-0.05, 0) is 61.9 Å². The molecule has 0 unspecified atom stereocenters. The zero-order valence-corrected chi connectivity index (χ0v) is 19.3. The van der Waals surface area contributed by atoms with Crippen molar-refractivity contribution in [2.75, 3.05) is 25.9 Å². The van der Waals surface area contributed by atoms with Gasteiger partial charge in [0.05, 0.1) is 4.90 Å². The molecular weight excluding hydrogens is 439 g/mol. The van der Waals surface area contributed by atoms with Crippen molar-refractivity contribution in [1.82, 2.24) is 9.62 Å². The van der Waals surface area contributed by atoms with Gasteiger partial charge in [0.25, 0.3) is 0 Å². The second-order valence-electron chi connectivity index (χ2n) is 7.02. The van der Waals surface area contributed by atoms with Gasteiger partial charge in [-0.15, -0.1) is 11.8 Å².